The summed E-state index contributed by atoms with van der Waals surface area (Å²) in [7, 11) is 1.98. The summed E-state index contributed by atoms with van der Waals surface area (Å²) in [4.78, 5) is 14.5. The average Bonchev–Trinajstić information content (AvgIpc) is 2.68. The fraction of sp³-hybridized carbons (Fsp3) is 0.381. The van der Waals surface area contributed by atoms with E-state index >= 15 is 0 Å². The van der Waals surface area contributed by atoms with Crippen molar-refractivity contribution in [2.75, 3.05) is 20.1 Å². The van der Waals surface area contributed by atoms with E-state index in [-0.39, 0.29) is 18.3 Å². The van der Waals surface area contributed by atoms with E-state index in [4.69, 9.17) is 16.3 Å². The van der Waals surface area contributed by atoms with Gasteiger partial charge < -0.3 is 15.0 Å². The summed E-state index contributed by atoms with van der Waals surface area (Å²) < 4.78 is 5.85. The number of hydrogen-bond donors (Lipinski definition) is 1. The molecule has 2 aromatic rings. The van der Waals surface area contributed by atoms with Crippen LogP contribution < -0.4 is 10.1 Å². The van der Waals surface area contributed by atoms with Crippen LogP contribution in [0, 0.1) is 0 Å². The van der Waals surface area contributed by atoms with Crippen LogP contribution in [0.25, 0.3) is 0 Å². The lowest BCUT2D eigenvalue weighted by Crippen LogP contribution is -2.44. The van der Waals surface area contributed by atoms with Gasteiger partial charge in [-0.2, -0.15) is 0 Å². The molecule has 1 aliphatic rings. The zero-order valence-corrected chi connectivity index (χ0v) is 17.1. The fourth-order valence-corrected chi connectivity index (χ4v) is 3.42. The van der Waals surface area contributed by atoms with Gasteiger partial charge >= 0.3 is 0 Å². The summed E-state index contributed by atoms with van der Waals surface area (Å²) in [5.74, 6) is 0.937. The van der Waals surface area contributed by atoms with Crippen LogP contribution in [0.4, 0.5) is 0 Å². The van der Waals surface area contributed by atoms with Gasteiger partial charge in [0.1, 0.15) is 12.4 Å². The van der Waals surface area contributed by atoms with E-state index < -0.39 is 0 Å². The molecule has 27 heavy (non-hydrogen) atoms. The molecule has 2 aromatic carbocycles. The van der Waals surface area contributed by atoms with E-state index in [2.05, 4.69) is 5.32 Å². The SMILES string of the molecule is CNC1CCN(C(=O)Cc2cccc(OCc3ccccc3Cl)c2)CC1.Cl. The Hall–Kier alpha value is -1.75. The van der Waals surface area contributed by atoms with Gasteiger partial charge in [-0.15, -0.1) is 12.4 Å². The smallest absolute Gasteiger partial charge is 0.226 e. The van der Waals surface area contributed by atoms with Crippen LogP contribution in [0.5, 0.6) is 5.75 Å². The monoisotopic (exact) mass is 408 g/mol. The molecular formula is C21H26Cl2N2O2. The number of likely N-dealkylation sites (tertiary alicyclic amines) is 1. The number of piperidine rings is 1. The predicted octanol–water partition coefficient (Wildman–Crippen LogP) is 4.09. The standard InChI is InChI=1S/C21H25ClN2O2.ClH/c1-23-18-9-11-24(12-10-18)21(25)14-16-5-4-7-19(13-16)26-15-17-6-2-3-8-20(17)22;/h2-8,13,18,23H,9-12,14-15H2,1H3;1H. The highest BCUT2D eigenvalue weighted by Crippen LogP contribution is 2.20. The van der Waals surface area contributed by atoms with E-state index in [1.165, 1.54) is 0 Å². The Balaban J connectivity index is 0.00000261. The molecule has 0 aliphatic carbocycles. The Morgan fingerprint density at radius 3 is 2.63 bits per heavy atom. The van der Waals surface area contributed by atoms with E-state index in [1.807, 2.05) is 60.5 Å². The van der Waals surface area contributed by atoms with Crippen molar-refractivity contribution < 1.29 is 9.53 Å². The maximum absolute atomic E-state index is 12.5. The topological polar surface area (TPSA) is 41.6 Å². The first-order valence-corrected chi connectivity index (χ1v) is 9.43. The quantitative estimate of drug-likeness (QED) is 0.782. The lowest BCUT2D eigenvalue weighted by molar-refractivity contribution is -0.131. The number of nitrogens with one attached hydrogen (secondary N) is 1. The number of halogens is 2. The molecule has 6 heteroatoms. The second kappa shape index (κ2) is 10.5. The summed E-state index contributed by atoms with van der Waals surface area (Å²) in [6.45, 7) is 2.06. The summed E-state index contributed by atoms with van der Waals surface area (Å²) >= 11 is 6.16. The molecule has 0 spiro atoms. The molecule has 1 fully saturated rings. The van der Waals surface area contributed by atoms with Gasteiger partial charge in [0.15, 0.2) is 0 Å². The van der Waals surface area contributed by atoms with Crippen LogP contribution in [0.1, 0.15) is 24.0 Å². The summed E-state index contributed by atoms with van der Waals surface area (Å²) in [6.07, 6.45) is 2.44. The molecule has 4 nitrogen and oxygen atoms in total. The van der Waals surface area contributed by atoms with Gasteiger partial charge in [-0.1, -0.05) is 41.9 Å². The van der Waals surface area contributed by atoms with Crippen LogP contribution >= 0.6 is 24.0 Å². The Morgan fingerprint density at radius 1 is 1.19 bits per heavy atom. The largest absolute Gasteiger partial charge is 0.489 e. The van der Waals surface area contributed by atoms with Gasteiger partial charge in [-0.05, 0) is 43.7 Å². The molecule has 0 bridgehead atoms. The highest BCUT2D eigenvalue weighted by molar-refractivity contribution is 6.31. The number of hydrogen-bond acceptors (Lipinski definition) is 3. The van der Waals surface area contributed by atoms with E-state index in [9.17, 15) is 4.79 Å². The number of amides is 1. The van der Waals surface area contributed by atoms with Gasteiger partial charge in [0.2, 0.25) is 5.91 Å². The number of nitrogens with zero attached hydrogens (tertiary/aromatic N) is 1. The van der Waals surface area contributed by atoms with Gasteiger partial charge in [-0.25, -0.2) is 0 Å². The number of carbonyl (C=O) groups is 1. The Bertz CT molecular complexity index is 746. The number of carbonyl (C=O) groups excluding carboxylic acids is 1. The van der Waals surface area contributed by atoms with Crippen LogP contribution in [0.15, 0.2) is 48.5 Å². The van der Waals surface area contributed by atoms with E-state index in [0.29, 0.717) is 24.1 Å². The molecule has 0 atom stereocenters. The van der Waals surface area contributed by atoms with Crippen LogP contribution in [-0.4, -0.2) is 37.0 Å². The minimum Gasteiger partial charge on any atom is -0.489 e. The second-order valence-corrected chi connectivity index (χ2v) is 7.06. The Kier molecular flexibility index (Phi) is 8.42. The molecule has 0 unspecified atom stereocenters. The molecule has 1 aliphatic heterocycles. The van der Waals surface area contributed by atoms with Gasteiger partial charge in [0, 0.05) is 29.7 Å². The van der Waals surface area contributed by atoms with Crippen molar-refractivity contribution in [3.05, 3.63) is 64.7 Å². The fourth-order valence-electron chi connectivity index (χ4n) is 3.23. The first kappa shape index (κ1) is 21.5. The molecule has 0 saturated carbocycles. The highest BCUT2D eigenvalue weighted by Gasteiger charge is 2.21. The molecule has 1 heterocycles. The first-order valence-electron chi connectivity index (χ1n) is 9.06. The molecular weight excluding hydrogens is 383 g/mol. The van der Waals surface area contributed by atoms with Crippen LogP contribution in [-0.2, 0) is 17.8 Å². The highest BCUT2D eigenvalue weighted by atomic mass is 35.5. The van der Waals surface area contributed by atoms with Crippen molar-refractivity contribution in [3.8, 4) is 5.75 Å². The van der Waals surface area contributed by atoms with Crippen molar-refractivity contribution >= 4 is 29.9 Å². The maximum atomic E-state index is 12.5. The van der Waals surface area contributed by atoms with E-state index in [0.717, 1.165) is 42.8 Å². The lowest BCUT2D eigenvalue weighted by Gasteiger charge is -2.32. The zero-order valence-electron chi connectivity index (χ0n) is 15.5. The van der Waals surface area contributed by atoms with Crippen LogP contribution in [0.2, 0.25) is 5.02 Å². The minimum absolute atomic E-state index is 0. The Labute approximate surface area is 172 Å². The predicted molar refractivity (Wildman–Crippen MR) is 112 cm³/mol. The molecule has 3 rings (SSSR count). The average molecular weight is 409 g/mol. The normalized spacial score (nSPS) is 14.5. The molecule has 0 aromatic heterocycles. The van der Waals surface area contributed by atoms with Crippen molar-refractivity contribution in [3.63, 3.8) is 0 Å². The molecule has 1 amide bonds. The maximum Gasteiger partial charge on any atom is 0.226 e. The first-order chi connectivity index (χ1) is 12.7. The van der Waals surface area contributed by atoms with Gasteiger partial charge in [0.05, 0.1) is 6.42 Å². The zero-order chi connectivity index (χ0) is 18.4. The third-order valence-electron chi connectivity index (χ3n) is 4.86. The van der Waals surface area contributed by atoms with Gasteiger partial charge in [0.25, 0.3) is 0 Å². The number of ether oxygens (including phenoxy) is 1. The van der Waals surface area contributed by atoms with Gasteiger partial charge in [-0.3, -0.25) is 4.79 Å². The van der Waals surface area contributed by atoms with Crippen molar-refractivity contribution in [2.24, 2.45) is 0 Å². The summed E-state index contributed by atoms with van der Waals surface area (Å²) in [5, 5.41) is 3.99. The molecule has 1 N–H and O–H groups in total. The Morgan fingerprint density at radius 2 is 1.93 bits per heavy atom. The number of benzene rings is 2. The summed E-state index contributed by atoms with van der Waals surface area (Å²) in [5.41, 5.74) is 1.92. The van der Waals surface area contributed by atoms with E-state index in [1.54, 1.807) is 0 Å². The van der Waals surface area contributed by atoms with Crippen LogP contribution in [0.3, 0.4) is 0 Å². The molecule has 1 saturated heterocycles. The third kappa shape index (κ3) is 6.13. The minimum atomic E-state index is 0. The van der Waals surface area contributed by atoms with Crippen molar-refractivity contribution in [2.45, 2.75) is 31.9 Å². The summed E-state index contributed by atoms with van der Waals surface area (Å²) in [6, 6.07) is 15.9. The molecule has 0 radical (unpaired) electrons. The lowest BCUT2D eigenvalue weighted by atomic mass is 10.0. The number of rotatable bonds is 6. The van der Waals surface area contributed by atoms with Crippen molar-refractivity contribution in [1.82, 2.24) is 10.2 Å². The molecule has 146 valence electrons. The van der Waals surface area contributed by atoms with Crippen molar-refractivity contribution in [1.29, 1.82) is 0 Å². The second-order valence-electron chi connectivity index (χ2n) is 6.65. The third-order valence-corrected chi connectivity index (χ3v) is 5.23.